The third-order valence-electron chi connectivity index (χ3n) is 3.97. The number of aromatic nitrogens is 3. The van der Waals surface area contributed by atoms with Crippen LogP contribution in [0.15, 0.2) is 53.7 Å². The van der Waals surface area contributed by atoms with E-state index < -0.39 is 18.6 Å². The monoisotopic (exact) mass is 470 g/mol. The summed E-state index contributed by atoms with van der Waals surface area (Å²) >= 11 is 7.30. The van der Waals surface area contributed by atoms with Crippen molar-refractivity contribution in [3.05, 3.63) is 53.6 Å². The van der Waals surface area contributed by atoms with Crippen LogP contribution in [0.3, 0.4) is 0 Å². The minimum atomic E-state index is -4.47. The van der Waals surface area contributed by atoms with Crippen LogP contribution in [0, 0.1) is 0 Å². The lowest BCUT2D eigenvalue weighted by Gasteiger charge is -2.12. The minimum absolute atomic E-state index is 0.256. The first-order valence-corrected chi connectivity index (χ1v) is 10.5. The lowest BCUT2D eigenvalue weighted by Crippen LogP contribution is -2.34. The van der Waals surface area contributed by atoms with Crippen molar-refractivity contribution in [2.24, 2.45) is 0 Å². The van der Waals surface area contributed by atoms with Crippen LogP contribution in [0.25, 0.3) is 17.1 Å². The van der Waals surface area contributed by atoms with Gasteiger partial charge in [0.05, 0.1) is 17.4 Å². The largest absolute Gasteiger partial charge is 0.494 e. The number of amides is 1. The molecule has 0 saturated heterocycles. The van der Waals surface area contributed by atoms with Gasteiger partial charge in [0.25, 0.3) is 0 Å². The Bertz CT molecular complexity index is 1040. The topological polar surface area (TPSA) is 69.0 Å². The molecular formula is C20H18ClF3N4O2S. The van der Waals surface area contributed by atoms with E-state index in [0.717, 1.165) is 11.8 Å². The van der Waals surface area contributed by atoms with Crippen molar-refractivity contribution in [3.8, 4) is 22.8 Å². The lowest BCUT2D eigenvalue weighted by atomic mass is 10.2. The predicted molar refractivity (Wildman–Crippen MR) is 113 cm³/mol. The second-order valence-electron chi connectivity index (χ2n) is 6.23. The molecule has 0 unspecified atom stereocenters. The van der Waals surface area contributed by atoms with Gasteiger partial charge in [-0.25, -0.2) is 0 Å². The van der Waals surface area contributed by atoms with E-state index in [-0.39, 0.29) is 5.75 Å². The summed E-state index contributed by atoms with van der Waals surface area (Å²) in [5, 5.41) is 11.0. The highest BCUT2D eigenvalue weighted by Crippen LogP contribution is 2.32. The average molecular weight is 471 g/mol. The molecule has 1 aromatic heterocycles. The highest BCUT2D eigenvalue weighted by molar-refractivity contribution is 7.99. The zero-order valence-corrected chi connectivity index (χ0v) is 17.9. The number of nitrogens with one attached hydrogen (secondary N) is 1. The maximum atomic E-state index is 12.3. The van der Waals surface area contributed by atoms with Crippen molar-refractivity contribution in [2.75, 3.05) is 18.9 Å². The Kier molecular flexibility index (Phi) is 7.45. The molecule has 0 saturated carbocycles. The van der Waals surface area contributed by atoms with Crippen LogP contribution >= 0.6 is 23.4 Å². The molecule has 0 bridgehead atoms. The van der Waals surface area contributed by atoms with Crippen LogP contribution in [-0.2, 0) is 4.79 Å². The van der Waals surface area contributed by atoms with Gasteiger partial charge in [-0.2, -0.15) is 13.2 Å². The van der Waals surface area contributed by atoms with Crippen molar-refractivity contribution >= 4 is 29.3 Å². The Balaban J connectivity index is 1.91. The summed E-state index contributed by atoms with van der Waals surface area (Å²) in [5.41, 5.74) is 1.31. The first kappa shape index (κ1) is 23.0. The van der Waals surface area contributed by atoms with Crippen LogP contribution in [0.1, 0.15) is 6.92 Å². The highest BCUT2D eigenvalue weighted by atomic mass is 35.5. The van der Waals surface area contributed by atoms with Gasteiger partial charge in [-0.3, -0.25) is 9.36 Å². The molecule has 1 amide bonds. The van der Waals surface area contributed by atoms with E-state index in [0.29, 0.717) is 39.6 Å². The highest BCUT2D eigenvalue weighted by Gasteiger charge is 2.28. The summed E-state index contributed by atoms with van der Waals surface area (Å²) in [7, 11) is 0. The van der Waals surface area contributed by atoms with Crippen molar-refractivity contribution in [3.63, 3.8) is 0 Å². The first-order valence-electron chi connectivity index (χ1n) is 9.18. The van der Waals surface area contributed by atoms with Crippen LogP contribution < -0.4 is 10.1 Å². The maximum Gasteiger partial charge on any atom is 0.405 e. The van der Waals surface area contributed by atoms with Crippen LogP contribution in [0.2, 0.25) is 5.02 Å². The average Bonchev–Trinajstić information content (AvgIpc) is 3.15. The van der Waals surface area contributed by atoms with Crippen molar-refractivity contribution in [1.29, 1.82) is 0 Å². The van der Waals surface area contributed by atoms with Crippen molar-refractivity contribution in [1.82, 2.24) is 20.1 Å². The number of hydrogen-bond donors (Lipinski definition) is 1. The van der Waals surface area contributed by atoms with Crippen LogP contribution in [0.4, 0.5) is 13.2 Å². The molecule has 0 fully saturated rings. The molecule has 3 aromatic rings. The number of carbonyl (C=O) groups is 1. The Hall–Kier alpha value is -2.72. The lowest BCUT2D eigenvalue weighted by molar-refractivity contribution is -0.136. The zero-order valence-electron chi connectivity index (χ0n) is 16.3. The fraction of sp³-hybridized carbons (Fsp3) is 0.250. The van der Waals surface area contributed by atoms with Crippen molar-refractivity contribution in [2.45, 2.75) is 18.3 Å². The van der Waals surface area contributed by atoms with Gasteiger partial charge in [-0.1, -0.05) is 35.5 Å². The maximum absolute atomic E-state index is 12.3. The van der Waals surface area contributed by atoms with Crippen LogP contribution in [-0.4, -0.2) is 45.8 Å². The van der Waals surface area contributed by atoms with E-state index in [4.69, 9.17) is 16.3 Å². The van der Waals surface area contributed by atoms with E-state index >= 15 is 0 Å². The molecule has 164 valence electrons. The van der Waals surface area contributed by atoms with Crippen LogP contribution in [0.5, 0.6) is 5.75 Å². The normalized spacial score (nSPS) is 11.4. The number of rotatable bonds is 8. The Labute approximate surface area is 185 Å². The number of thioether (sulfide) groups is 1. The summed E-state index contributed by atoms with van der Waals surface area (Å²) in [5.74, 6) is 0.100. The first-order chi connectivity index (χ1) is 14.8. The third-order valence-corrected chi connectivity index (χ3v) is 5.23. The van der Waals surface area contributed by atoms with Gasteiger partial charge >= 0.3 is 6.18 Å². The van der Waals surface area contributed by atoms with Gasteiger partial charge in [-0.05, 0) is 43.3 Å². The van der Waals surface area contributed by atoms with E-state index in [9.17, 15) is 18.0 Å². The minimum Gasteiger partial charge on any atom is -0.494 e. The second-order valence-corrected chi connectivity index (χ2v) is 7.58. The molecular weight excluding hydrogens is 453 g/mol. The number of halogens is 4. The summed E-state index contributed by atoms with van der Waals surface area (Å²) in [6.45, 7) is 1.01. The molecule has 2 aromatic carbocycles. The molecule has 1 heterocycles. The number of alkyl halides is 3. The fourth-order valence-electron chi connectivity index (χ4n) is 2.65. The Morgan fingerprint density at radius 3 is 2.52 bits per heavy atom. The Morgan fingerprint density at radius 1 is 1.16 bits per heavy atom. The number of nitrogens with zero attached hydrogens (tertiary/aromatic N) is 3. The molecule has 11 heteroatoms. The van der Waals surface area contributed by atoms with Gasteiger partial charge in [-0.15, -0.1) is 10.2 Å². The van der Waals surface area contributed by atoms with E-state index in [1.54, 1.807) is 53.1 Å². The van der Waals surface area contributed by atoms with E-state index in [1.165, 1.54) is 0 Å². The SMILES string of the molecule is CCOc1ccc(-n2c(SCC(=O)NCC(F)(F)F)nnc2-c2ccccc2Cl)cc1. The molecule has 1 N–H and O–H groups in total. The number of hydrogen-bond acceptors (Lipinski definition) is 5. The Morgan fingerprint density at radius 2 is 1.87 bits per heavy atom. The number of ether oxygens (including phenoxy) is 1. The second kappa shape index (κ2) is 10.1. The molecule has 0 radical (unpaired) electrons. The van der Waals surface area contributed by atoms with Gasteiger partial charge in [0.15, 0.2) is 11.0 Å². The van der Waals surface area contributed by atoms with Gasteiger partial charge in [0.2, 0.25) is 5.91 Å². The molecule has 3 rings (SSSR count). The summed E-state index contributed by atoms with van der Waals surface area (Å²) in [6.07, 6.45) is -4.47. The van der Waals surface area contributed by atoms with Gasteiger partial charge < -0.3 is 10.1 Å². The summed E-state index contributed by atoms with van der Waals surface area (Å²) < 4.78 is 44.1. The zero-order chi connectivity index (χ0) is 22.4. The predicted octanol–water partition coefficient (Wildman–Crippen LogP) is 4.76. The van der Waals surface area contributed by atoms with Gasteiger partial charge in [0, 0.05) is 11.3 Å². The molecule has 31 heavy (non-hydrogen) atoms. The molecule has 0 aliphatic carbocycles. The molecule has 0 aliphatic rings. The molecule has 0 atom stereocenters. The smallest absolute Gasteiger partial charge is 0.405 e. The summed E-state index contributed by atoms with van der Waals surface area (Å²) in [6, 6.07) is 14.2. The molecule has 6 nitrogen and oxygen atoms in total. The number of benzene rings is 2. The quantitative estimate of drug-likeness (QED) is 0.481. The van der Waals surface area contributed by atoms with Gasteiger partial charge in [0.1, 0.15) is 12.3 Å². The molecule has 0 spiro atoms. The standard InChI is InChI=1S/C20H18ClF3N4O2S/c1-2-30-14-9-7-13(8-10-14)28-18(15-5-3-4-6-16(15)21)26-27-19(28)31-11-17(29)25-12-20(22,23)24/h3-10H,2,11-12H2,1H3,(H,25,29). The third kappa shape index (κ3) is 6.14. The molecule has 0 aliphatic heterocycles. The fourth-order valence-corrected chi connectivity index (χ4v) is 3.65. The number of carbonyl (C=O) groups excluding carboxylic acids is 1. The van der Waals surface area contributed by atoms with E-state index in [2.05, 4.69) is 10.2 Å². The van der Waals surface area contributed by atoms with E-state index in [1.807, 2.05) is 12.2 Å². The summed E-state index contributed by atoms with van der Waals surface area (Å²) in [4.78, 5) is 11.8. The van der Waals surface area contributed by atoms with Crippen molar-refractivity contribution < 1.29 is 22.7 Å².